The monoisotopic (exact) mass is 299 g/mol. The molecule has 0 unspecified atom stereocenters. The number of aliphatic hydroxyl groups is 1. The molecule has 2 atom stereocenters. The van der Waals surface area contributed by atoms with Crippen LogP contribution in [0.2, 0.25) is 0 Å². The number of amides is 1. The Balaban J connectivity index is 2.03. The molecule has 1 aliphatic rings. The van der Waals surface area contributed by atoms with Gasteiger partial charge < -0.3 is 10.4 Å². The zero-order chi connectivity index (χ0) is 15.0. The third kappa shape index (κ3) is 2.82. The number of fused-ring (bicyclic) bond motifs is 1. The van der Waals surface area contributed by atoms with Crippen molar-refractivity contribution in [2.45, 2.75) is 30.1 Å². The summed E-state index contributed by atoms with van der Waals surface area (Å²) in [7, 11) is 0. The third-order valence-electron chi connectivity index (χ3n) is 3.61. The maximum absolute atomic E-state index is 12.1. The number of aryl methyl sites for hydroxylation is 2. The molecule has 0 saturated heterocycles. The molecule has 1 aliphatic heterocycles. The van der Waals surface area contributed by atoms with Crippen molar-refractivity contribution in [3.8, 4) is 0 Å². The highest BCUT2D eigenvalue weighted by molar-refractivity contribution is 7.99. The first kappa shape index (κ1) is 14.2. The Bertz CT molecular complexity index is 682. The van der Waals surface area contributed by atoms with Gasteiger partial charge in [-0.15, -0.1) is 11.8 Å². The van der Waals surface area contributed by atoms with E-state index in [1.807, 2.05) is 56.3 Å². The molecule has 0 spiro atoms. The van der Waals surface area contributed by atoms with E-state index < -0.39 is 6.10 Å². The topological polar surface area (TPSA) is 49.3 Å². The SMILES string of the molecule is Cc1ccc([C@@H]2Sc3cc(C)ccc3NC(=O)[C@@H]2O)cc1. The largest absolute Gasteiger partial charge is 0.382 e. The van der Waals surface area contributed by atoms with Gasteiger partial charge in [-0.25, -0.2) is 0 Å². The van der Waals surface area contributed by atoms with E-state index in [1.54, 1.807) is 0 Å². The number of anilines is 1. The van der Waals surface area contributed by atoms with Gasteiger partial charge in [0.2, 0.25) is 0 Å². The number of rotatable bonds is 1. The summed E-state index contributed by atoms with van der Waals surface area (Å²) in [6, 6.07) is 13.8. The van der Waals surface area contributed by atoms with E-state index in [-0.39, 0.29) is 11.2 Å². The second-order valence-corrected chi connectivity index (χ2v) is 6.57. The highest BCUT2D eigenvalue weighted by atomic mass is 32.2. The molecule has 4 heteroatoms. The predicted molar refractivity (Wildman–Crippen MR) is 85.6 cm³/mol. The summed E-state index contributed by atoms with van der Waals surface area (Å²) >= 11 is 1.53. The van der Waals surface area contributed by atoms with Gasteiger partial charge in [0.25, 0.3) is 5.91 Å². The van der Waals surface area contributed by atoms with Crippen LogP contribution < -0.4 is 5.32 Å². The van der Waals surface area contributed by atoms with Crippen LogP contribution in [0.4, 0.5) is 5.69 Å². The van der Waals surface area contributed by atoms with Gasteiger partial charge in [-0.05, 0) is 37.1 Å². The summed E-state index contributed by atoms with van der Waals surface area (Å²) in [4.78, 5) is 13.1. The minimum absolute atomic E-state index is 0.298. The van der Waals surface area contributed by atoms with Crippen LogP contribution in [0.15, 0.2) is 47.4 Å². The van der Waals surface area contributed by atoms with Gasteiger partial charge in [-0.1, -0.05) is 35.9 Å². The molecule has 0 fully saturated rings. The Morgan fingerprint density at radius 2 is 1.71 bits per heavy atom. The molecule has 21 heavy (non-hydrogen) atoms. The van der Waals surface area contributed by atoms with Crippen molar-refractivity contribution in [1.29, 1.82) is 0 Å². The zero-order valence-corrected chi connectivity index (χ0v) is 12.8. The number of nitrogens with one attached hydrogen (secondary N) is 1. The molecule has 0 aromatic heterocycles. The first-order valence-corrected chi connectivity index (χ1v) is 7.75. The maximum atomic E-state index is 12.1. The van der Waals surface area contributed by atoms with E-state index in [0.717, 1.165) is 27.3 Å². The van der Waals surface area contributed by atoms with Crippen molar-refractivity contribution in [2.75, 3.05) is 5.32 Å². The molecule has 2 aromatic rings. The quantitative estimate of drug-likeness (QED) is 0.848. The lowest BCUT2D eigenvalue weighted by atomic mass is 10.1. The smallest absolute Gasteiger partial charge is 0.254 e. The minimum atomic E-state index is -1.06. The molecule has 2 N–H and O–H groups in total. The molecule has 108 valence electrons. The zero-order valence-electron chi connectivity index (χ0n) is 12.0. The third-order valence-corrected chi connectivity index (χ3v) is 4.99. The second-order valence-electron chi connectivity index (χ2n) is 5.38. The molecule has 0 radical (unpaired) electrons. The van der Waals surface area contributed by atoms with E-state index in [2.05, 4.69) is 5.32 Å². The Morgan fingerprint density at radius 3 is 2.43 bits per heavy atom. The van der Waals surface area contributed by atoms with Crippen molar-refractivity contribution >= 4 is 23.4 Å². The summed E-state index contributed by atoms with van der Waals surface area (Å²) in [6.45, 7) is 4.04. The Morgan fingerprint density at radius 1 is 1.05 bits per heavy atom. The van der Waals surface area contributed by atoms with Gasteiger partial charge in [-0.2, -0.15) is 0 Å². The maximum Gasteiger partial charge on any atom is 0.254 e. The summed E-state index contributed by atoms with van der Waals surface area (Å²) in [5.74, 6) is -0.351. The first-order chi connectivity index (χ1) is 10.0. The number of carbonyl (C=O) groups is 1. The number of benzene rings is 2. The van der Waals surface area contributed by atoms with Crippen molar-refractivity contribution in [3.63, 3.8) is 0 Å². The van der Waals surface area contributed by atoms with Gasteiger partial charge in [0, 0.05) is 4.90 Å². The van der Waals surface area contributed by atoms with Crippen LogP contribution in [0.5, 0.6) is 0 Å². The second kappa shape index (κ2) is 5.54. The van der Waals surface area contributed by atoms with Crippen molar-refractivity contribution in [1.82, 2.24) is 0 Å². The van der Waals surface area contributed by atoms with E-state index in [0.29, 0.717) is 0 Å². The molecule has 3 rings (SSSR count). The molecule has 0 saturated carbocycles. The normalized spacial score (nSPS) is 21.4. The van der Waals surface area contributed by atoms with Crippen LogP contribution >= 0.6 is 11.8 Å². The van der Waals surface area contributed by atoms with Crippen LogP contribution in [0.1, 0.15) is 21.9 Å². The minimum Gasteiger partial charge on any atom is -0.382 e. The number of thioether (sulfide) groups is 1. The fraction of sp³-hybridized carbons (Fsp3) is 0.235. The van der Waals surface area contributed by atoms with Crippen LogP contribution in [0, 0.1) is 13.8 Å². The highest BCUT2D eigenvalue weighted by Crippen LogP contribution is 2.44. The molecule has 0 aliphatic carbocycles. The van der Waals surface area contributed by atoms with Crippen LogP contribution in [0.25, 0.3) is 0 Å². The van der Waals surface area contributed by atoms with Crippen molar-refractivity contribution < 1.29 is 9.90 Å². The molecule has 0 bridgehead atoms. The van der Waals surface area contributed by atoms with Crippen LogP contribution in [0.3, 0.4) is 0 Å². The number of carbonyl (C=O) groups excluding carboxylic acids is 1. The number of hydrogen-bond acceptors (Lipinski definition) is 3. The molecule has 3 nitrogen and oxygen atoms in total. The van der Waals surface area contributed by atoms with Gasteiger partial charge in [0.1, 0.15) is 6.10 Å². The molecular weight excluding hydrogens is 282 g/mol. The van der Waals surface area contributed by atoms with Gasteiger partial charge >= 0.3 is 0 Å². The van der Waals surface area contributed by atoms with Crippen molar-refractivity contribution in [2.24, 2.45) is 0 Å². The fourth-order valence-corrected chi connectivity index (χ4v) is 3.70. The van der Waals surface area contributed by atoms with Gasteiger partial charge in [0.15, 0.2) is 0 Å². The average molecular weight is 299 g/mol. The molecule has 1 heterocycles. The fourth-order valence-electron chi connectivity index (χ4n) is 2.38. The summed E-state index contributed by atoms with van der Waals surface area (Å²) < 4.78 is 0. The highest BCUT2D eigenvalue weighted by Gasteiger charge is 2.32. The van der Waals surface area contributed by atoms with E-state index in [1.165, 1.54) is 11.8 Å². The Labute approximate surface area is 128 Å². The lowest BCUT2D eigenvalue weighted by Crippen LogP contribution is -2.30. The lowest BCUT2D eigenvalue weighted by Gasteiger charge is -2.19. The van der Waals surface area contributed by atoms with Gasteiger partial charge in [0.05, 0.1) is 10.9 Å². The van der Waals surface area contributed by atoms with E-state index in [4.69, 9.17) is 0 Å². The van der Waals surface area contributed by atoms with Crippen LogP contribution in [-0.4, -0.2) is 17.1 Å². The predicted octanol–water partition coefficient (Wildman–Crippen LogP) is 3.45. The Kier molecular flexibility index (Phi) is 3.74. The average Bonchev–Trinajstić information content (AvgIpc) is 2.58. The number of hydrogen-bond donors (Lipinski definition) is 2. The summed E-state index contributed by atoms with van der Waals surface area (Å²) in [5, 5.41) is 12.9. The summed E-state index contributed by atoms with van der Waals surface area (Å²) in [6.07, 6.45) is -1.06. The van der Waals surface area contributed by atoms with Crippen LogP contribution in [-0.2, 0) is 4.79 Å². The van der Waals surface area contributed by atoms with Gasteiger partial charge in [-0.3, -0.25) is 4.79 Å². The van der Waals surface area contributed by atoms with Crippen molar-refractivity contribution in [3.05, 3.63) is 59.2 Å². The molecule has 1 amide bonds. The lowest BCUT2D eigenvalue weighted by molar-refractivity contribution is -0.124. The number of aliphatic hydroxyl groups excluding tert-OH is 1. The summed E-state index contributed by atoms with van der Waals surface area (Å²) in [5.41, 5.74) is 4.02. The molecule has 2 aromatic carbocycles. The standard InChI is InChI=1S/C17H17NO2S/c1-10-3-6-12(7-4-10)16-15(19)17(20)18-13-8-5-11(2)9-14(13)21-16/h3-9,15-16,19H,1-2H3,(H,18,20)/t15-,16+/m1/s1. The first-order valence-electron chi connectivity index (χ1n) is 6.87. The Hall–Kier alpha value is -1.78. The molecular formula is C17H17NO2S. The van der Waals surface area contributed by atoms with E-state index in [9.17, 15) is 9.90 Å². The van der Waals surface area contributed by atoms with E-state index >= 15 is 0 Å².